The highest BCUT2D eigenvalue weighted by molar-refractivity contribution is 5.83. The first kappa shape index (κ1) is 17.9. The van der Waals surface area contributed by atoms with Crippen LogP contribution in [0.15, 0.2) is 0 Å². The largest absolute Gasteiger partial charge is 0.469 e. The van der Waals surface area contributed by atoms with E-state index >= 15 is 0 Å². The Balaban J connectivity index is 4.74. The minimum absolute atomic E-state index is 0.106. The van der Waals surface area contributed by atoms with Crippen LogP contribution in [0.4, 0.5) is 0 Å². The lowest BCUT2D eigenvalue weighted by atomic mass is 9.86. The third-order valence-corrected chi connectivity index (χ3v) is 2.91. The van der Waals surface area contributed by atoms with Crippen LogP contribution in [0.5, 0.6) is 0 Å². The Kier molecular flexibility index (Phi) is 7.05. The van der Waals surface area contributed by atoms with Crippen molar-refractivity contribution in [2.45, 2.75) is 47.1 Å². The standard InChI is InChI=1S/C14H28N2O3/c1-10(2)9-16(8-7-11(17)19-6)13(18)12(15)14(3,4)5/h10,12H,7-9,15H2,1-6H3. The van der Waals surface area contributed by atoms with Gasteiger partial charge in [0.05, 0.1) is 19.6 Å². The quantitative estimate of drug-likeness (QED) is 0.742. The van der Waals surface area contributed by atoms with Crippen LogP contribution >= 0.6 is 0 Å². The maximum atomic E-state index is 12.4. The van der Waals surface area contributed by atoms with E-state index in [0.29, 0.717) is 19.0 Å². The van der Waals surface area contributed by atoms with Gasteiger partial charge in [-0.25, -0.2) is 0 Å². The molecule has 0 aromatic rings. The Morgan fingerprint density at radius 3 is 2.16 bits per heavy atom. The normalized spacial score (nSPS) is 13.3. The van der Waals surface area contributed by atoms with E-state index in [4.69, 9.17) is 5.73 Å². The lowest BCUT2D eigenvalue weighted by Crippen LogP contribution is -2.51. The Labute approximate surface area is 116 Å². The summed E-state index contributed by atoms with van der Waals surface area (Å²) in [4.78, 5) is 25.2. The summed E-state index contributed by atoms with van der Waals surface area (Å²) in [5.74, 6) is -0.0928. The highest BCUT2D eigenvalue weighted by Gasteiger charge is 2.31. The minimum atomic E-state index is -0.566. The fourth-order valence-electron chi connectivity index (χ4n) is 1.63. The van der Waals surface area contributed by atoms with Crippen LogP contribution in [0.2, 0.25) is 0 Å². The topological polar surface area (TPSA) is 72.6 Å². The summed E-state index contributed by atoms with van der Waals surface area (Å²) < 4.78 is 4.60. The molecule has 0 rings (SSSR count). The van der Waals surface area contributed by atoms with Gasteiger partial charge in [-0.1, -0.05) is 34.6 Å². The molecule has 5 heteroatoms. The minimum Gasteiger partial charge on any atom is -0.469 e. The summed E-state index contributed by atoms with van der Waals surface area (Å²) in [6.07, 6.45) is 0.200. The van der Waals surface area contributed by atoms with Gasteiger partial charge >= 0.3 is 5.97 Å². The molecule has 1 atom stereocenters. The molecule has 0 saturated heterocycles. The number of carbonyl (C=O) groups excluding carboxylic acids is 2. The Morgan fingerprint density at radius 1 is 1.26 bits per heavy atom. The number of hydrogen-bond acceptors (Lipinski definition) is 4. The van der Waals surface area contributed by atoms with Crippen LogP contribution in [-0.2, 0) is 14.3 Å². The van der Waals surface area contributed by atoms with E-state index in [1.54, 1.807) is 4.90 Å². The average molecular weight is 272 g/mol. The second-order valence-corrected chi connectivity index (χ2v) is 6.35. The van der Waals surface area contributed by atoms with E-state index in [1.165, 1.54) is 7.11 Å². The number of carbonyl (C=O) groups is 2. The van der Waals surface area contributed by atoms with Gasteiger partial charge in [0.2, 0.25) is 5.91 Å². The first-order chi connectivity index (χ1) is 8.59. The summed E-state index contributed by atoms with van der Waals surface area (Å²) in [6, 6.07) is -0.566. The van der Waals surface area contributed by atoms with Crippen LogP contribution < -0.4 is 5.73 Å². The van der Waals surface area contributed by atoms with E-state index in [9.17, 15) is 9.59 Å². The van der Waals surface area contributed by atoms with E-state index in [2.05, 4.69) is 4.74 Å². The zero-order chi connectivity index (χ0) is 15.2. The van der Waals surface area contributed by atoms with Crippen molar-refractivity contribution < 1.29 is 14.3 Å². The number of methoxy groups -OCH3 is 1. The van der Waals surface area contributed by atoms with Crippen molar-refractivity contribution in [3.8, 4) is 0 Å². The molecule has 5 nitrogen and oxygen atoms in total. The molecule has 0 aromatic carbocycles. The fourth-order valence-corrected chi connectivity index (χ4v) is 1.63. The highest BCUT2D eigenvalue weighted by Crippen LogP contribution is 2.19. The molecule has 0 heterocycles. The van der Waals surface area contributed by atoms with Crippen LogP contribution in [0.1, 0.15) is 41.0 Å². The molecule has 0 saturated carbocycles. The molecule has 1 amide bonds. The molecule has 0 spiro atoms. The summed E-state index contributed by atoms with van der Waals surface area (Å²) in [5, 5.41) is 0. The van der Waals surface area contributed by atoms with Gasteiger partial charge in [-0.3, -0.25) is 9.59 Å². The smallest absolute Gasteiger partial charge is 0.307 e. The second-order valence-electron chi connectivity index (χ2n) is 6.35. The average Bonchev–Trinajstić information content (AvgIpc) is 2.30. The van der Waals surface area contributed by atoms with E-state index in [1.807, 2.05) is 34.6 Å². The predicted molar refractivity (Wildman–Crippen MR) is 75.5 cm³/mol. The lowest BCUT2D eigenvalue weighted by Gasteiger charge is -2.32. The van der Waals surface area contributed by atoms with Gasteiger partial charge < -0.3 is 15.4 Å². The van der Waals surface area contributed by atoms with Crippen molar-refractivity contribution in [3.63, 3.8) is 0 Å². The van der Waals surface area contributed by atoms with Crippen LogP contribution in [-0.4, -0.2) is 43.0 Å². The maximum Gasteiger partial charge on any atom is 0.307 e. The number of hydrogen-bond donors (Lipinski definition) is 1. The van der Waals surface area contributed by atoms with Crippen molar-refractivity contribution in [3.05, 3.63) is 0 Å². The van der Waals surface area contributed by atoms with E-state index in [-0.39, 0.29) is 23.7 Å². The van der Waals surface area contributed by atoms with Crippen molar-refractivity contribution in [2.75, 3.05) is 20.2 Å². The summed E-state index contributed by atoms with van der Waals surface area (Å²) in [5.41, 5.74) is 5.71. The molecule has 0 bridgehead atoms. The highest BCUT2D eigenvalue weighted by atomic mass is 16.5. The molecule has 0 radical (unpaired) electrons. The van der Waals surface area contributed by atoms with E-state index < -0.39 is 6.04 Å². The number of ether oxygens (including phenoxy) is 1. The van der Waals surface area contributed by atoms with Gasteiger partial charge in [0.15, 0.2) is 0 Å². The maximum absolute atomic E-state index is 12.4. The molecular formula is C14H28N2O3. The molecule has 0 aliphatic heterocycles. The SMILES string of the molecule is COC(=O)CCN(CC(C)C)C(=O)C(N)C(C)(C)C. The van der Waals surface area contributed by atoms with Crippen LogP contribution in [0.3, 0.4) is 0 Å². The Morgan fingerprint density at radius 2 is 1.79 bits per heavy atom. The second kappa shape index (κ2) is 7.48. The molecule has 112 valence electrons. The fraction of sp³-hybridized carbons (Fsp3) is 0.857. The zero-order valence-corrected chi connectivity index (χ0v) is 13.0. The van der Waals surface area contributed by atoms with Crippen molar-refractivity contribution in [1.29, 1.82) is 0 Å². The molecule has 2 N–H and O–H groups in total. The first-order valence-corrected chi connectivity index (χ1v) is 6.70. The van der Waals surface area contributed by atoms with Gasteiger partial charge in [0.1, 0.15) is 0 Å². The third-order valence-electron chi connectivity index (χ3n) is 2.91. The van der Waals surface area contributed by atoms with Crippen LogP contribution in [0.25, 0.3) is 0 Å². The third kappa shape index (κ3) is 6.57. The molecule has 1 unspecified atom stereocenters. The number of amides is 1. The number of nitrogens with zero attached hydrogens (tertiary/aromatic N) is 1. The summed E-state index contributed by atoms with van der Waals surface area (Å²) >= 11 is 0. The summed E-state index contributed by atoms with van der Waals surface area (Å²) in [7, 11) is 1.35. The molecular weight excluding hydrogens is 244 g/mol. The molecule has 0 aliphatic carbocycles. The Hall–Kier alpha value is -1.10. The molecule has 0 aliphatic rings. The van der Waals surface area contributed by atoms with Crippen molar-refractivity contribution >= 4 is 11.9 Å². The zero-order valence-electron chi connectivity index (χ0n) is 13.0. The van der Waals surface area contributed by atoms with Crippen molar-refractivity contribution in [2.24, 2.45) is 17.1 Å². The lowest BCUT2D eigenvalue weighted by molar-refractivity contribution is -0.142. The monoisotopic (exact) mass is 272 g/mol. The van der Waals surface area contributed by atoms with Gasteiger partial charge in [-0.15, -0.1) is 0 Å². The van der Waals surface area contributed by atoms with Gasteiger partial charge in [0.25, 0.3) is 0 Å². The predicted octanol–water partition coefficient (Wildman–Crippen LogP) is 1.41. The summed E-state index contributed by atoms with van der Waals surface area (Å²) in [6.45, 7) is 10.8. The van der Waals surface area contributed by atoms with Gasteiger partial charge in [-0.2, -0.15) is 0 Å². The van der Waals surface area contributed by atoms with E-state index in [0.717, 1.165) is 0 Å². The molecule has 0 fully saturated rings. The number of nitrogens with two attached hydrogens (primary N) is 1. The molecule has 19 heavy (non-hydrogen) atoms. The van der Waals surface area contributed by atoms with Gasteiger partial charge in [-0.05, 0) is 11.3 Å². The Bertz CT molecular complexity index is 308. The first-order valence-electron chi connectivity index (χ1n) is 6.70. The molecule has 0 aromatic heterocycles. The number of esters is 1. The van der Waals surface area contributed by atoms with Gasteiger partial charge in [0, 0.05) is 13.1 Å². The number of rotatable bonds is 6. The van der Waals surface area contributed by atoms with Crippen molar-refractivity contribution in [1.82, 2.24) is 4.90 Å². The van der Waals surface area contributed by atoms with Crippen LogP contribution in [0, 0.1) is 11.3 Å².